The molecule has 3 aromatic carbocycles. The maximum atomic E-state index is 12.4. The molecular formula is C23H23ClN2O3S. The fourth-order valence-electron chi connectivity index (χ4n) is 3.03. The van der Waals surface area contributed by atoms with E-state index in [0.717, 1.165) is 23.8 Å². The van der Waals surface area contributed by atoms with Crippen LogP contribution in [0.2, 0.25) is 5.02 Å². The van der Waals surface area contributed by atoms with E-state index in [1.165, 1.54) is 4.31 Å². The van der Waals surface area contributed by atoms with E-state index in [1.807, 2.05) is 30.3 Å². The first-order valence-electron chi connectivity index (χ1n) is 9.47. The van der Waals surface area contributed by atoms with Crippen molar-refractivity contribution >= 4 is 33.2 Å². The number of hydrogen-bond acceptors (Lipinski definition) is 3. The van der Waals surface area contributed by atoms with Crippen molar-refractivity contribution in [1.29, 1.82) is 0 Å². The summed E-state index contributed by atoms with van der Waals surface area (Å²) in [5.74, 6) is -0.160. The van der Waals surface area contributed by atoms with Gasteiger partial charge < -0.3 is 5.32 Å². The molecule has 0 fully saturated rings. The van der Waals surface area contributed by atoms with Gasteiger partial charge in [-0.25, -0.2) is 8.42 Å². The topological polar surface area (TPSA) is 66.5 Å². The molecule has 3 aromatic rings. The second-order valence-electron chi connectivity index (χ2n) is 6.94. The quantitative estimate of drug-likeness (QED) is 0.566. The Kier molecular flexibility index (Phi) is 7.13. The fourth-order valence-corrected chi connectivity index (χ4v) is 4.09. The number of hydrogen-bond donors (Lipinski definition) is 1. The summed E-state index contributed by atoms with van der Waals surface area (Å²) in [6.45, 7) is 0.691. The van der Waals surface area contributed by atoms with Gasteiger partial charge in [0, 0.05) is 17.1 Å². The van der Waals surface area contributed by atoms with Gasteiger partial charge in [-0.2, -0.15) is 0 Å². The molecule has 156 valence electrons. The molecule has 1 N–H and O–H groups in total. The van der Waals surface area contributed by atoms with Crippen LogP contribution >= 0.6 is 11.6 Å². The maximum absolute atomic E-state index is 12.4. The second-order valence-corrected chi connectivity index (χ2v) is 9.28. The second kappa shape index (κ2) is 9.78. The van der Waals surface area contributed by atoms with Crippen LogP contribution in [0.15, 0.2) is 78.9 Å². The Morgan fingerprint density at radius 2 is 1.63 bits per heavy atom. The molecule has 1 amide bonds. The van der Waals surface area contributed by atoms with Crippen molar-refractivity contribution in [2.75, 3.05) is 17.1 Å². The maximum Gasteiger partial charge on any atom is 0.251 e. The molecule has 30 heavy (non-hydrogen) atoms. The lowest BCUT2D eigenvalue weighted by molar-refractivity contribution is 0.0954. The largest absolute Gasteiger partial charge is 0.352 e. The summed E-state index contributed by atoms with van der Waals surface area (Å²) in [7, 11) is -3.50. The smallest absolute Gasteiger partial charge is 0.251 e. The first-order valence-corrected chi connectivity index (χ1v) is 11.7. The van der Waals surface area contributed by atoms with Crippen LogP contribution in [0.1, 0.15) is 21.5 Å². The molecule has 0 radical (unpaired) electrons. The molecule has 0 atom stereocenters. The Bertz CT molecular complexity index is 1100. The van der Waals surface area contributed by atoms with Gasteiger partial charge in [-0.3, -0.25) is 9.10 Å². The van der Waals surface area contributed by atoms with E-state index in [-0.39, 0.29) is 12.5 Å². The van der Waals surface area contributed by atoms with Gasteiger partial charge in [-0.15, -0.1) is 0 Å². The molecule has 3 rings (SSSR count). The molecule has 0 aliphatic carbocycles. The van der Waals surface area contributed by atoms with Gasteiger partial charge >= 0.3 is 0 Å². The third kappa shape index (κ3) is 6.08. The van der Waals surface area contributed by atoms with Crippen LogP contribution in [0.25, 0.3) is 0 Å². The van der Waals surface area contributed by atoms with Crippen molar-refractivity contribution < 1.29 is 13.2 Å². The number of nitrogens with zero attached hydrogens (tertiary/aromatic N) is 1. The van der Waals surface area contributed by atoms with Gasteiger partial charge in [0.15, 0.2) is 0 Å². The van der Waals surface area contributed by atoms with Crippen molar-refractivity contribution in [2.45, 2.75) is 13.0 Å². The first kappa shape index (κ1) is 21.9. The van der Waals surface area contributed by atoms with Gasteiger partial charge in [0.25, 0.3) is 5.91 Å². The zero-order valence-electron chi connectivity index (χ0n) is 16.6. The number of amides is 1. The van der Waals surface area contributed by atoms with E-state index in [2.05, 4.69) is 5.32 Å². The van der Waals surface area contributed by atoms with Crippen molar-refractivity contribution in [1.82, 2.24) is 5.32 Å². The Hall–Kier alpha value is -2.83. The van der Waals surface area contributed by atoms with Crippen molar-refractivity contribution in [3.63, 3.8) is 0 Å². The van der Waals surface area contributed by atoms with Crippen molar-refractivity contribution in [3.8, 4) is 0 Å². The molecule has 0 aromatic heterocycles. The lowest BCUT2D eigenvalue weighted by Crippen LogP contribution is -2.29. The molecule has 0 aliphatic heterocycles. The average Bonchev–Trinajstić information content (AvgIpc) is 2.72. The van der Waals surface area contributed by atoms with E-state index >= 15 is 0 Å². The predicted molar refractivity (Wildman–Crippen MR) is 121 cm³/mol. The predicted octanol–water partition coefficient (Wildman–Crippen LogP) is 4.28. The van der Waals surface area contributed by atoms with Crippen LogP contribution in [-0.4, -0.2) is 27.1 Å². The van der Waals surface area contributed by atoms with E-state index in [1.54, 1.807) is 48.5 Å². The van der Waals surface area contributed by atoms with E-state index < -0.39 is 10.0 Å². The normalized spacial score (nSPS) is 11.1. The standard InChI is InChI=1S/C23H23ClN2O3S/c1-30(28,29)26(22-9-5-8-21(24)16-22)17-19-10-12-20(13-11-19)23(27)25-15-14-18-6-3-2-4-7-18/h2-13,16H,14-15,17H2,1H3,(H,25,27). The molecule has 0 saturated carbocycles. The summed E-state index contributed by atoms with van der Waals surface area (Å²) in [6, 6.07) is 23.6. The number of benzene rings is 3. The molecule has 0 unspecified atom stereocenters. The number of anilines is 1. The SMILES string of the molecule is CS(=O)(=O)N(Cc1ccc(C(=O)NCCc2ccccc2)cc1)c1cccc(Cl)c1. The molecule has 0 saturated heterocycles. The van der Waals surface area contributed by atoms with E-state index in [0.29, 0.717) is 22.8 Å². The van der Waals surface area contributed by atoms with Gasteiger partial charge in [0.05, 0.1) is 18.5 Å². The fraction of sp³-hybridized carbons (Fsp3) is 0.174. The minimum Gasteiger partial charge on any atom is -0.352 e. The Morgan fingerprint density at radius 1 is 0.933 bits per heavy atom. The summed E-state index contributed by atoms with van der Waals surface area (Å²) in [6.07, 6.45) is 1.91. The number of carbonyl (C=O) groups is 1. The van der Waals surface area contributed by atoms with Gasteiger partial charge in [0.1, 0.15) is 0 Å². The number of nitrogens with one attached hydrogen (secondary N) is 1. The molecule has 0 bridgehead atoms. The Balaban J connectivity index is 1.64. The Labute approximate surface area is 182 Å². The van der Waals surface area contributed by atoms with Crippen LogP contribution in [-0.2, 0) is 23.0 Å². The third-order valence-electron chi connectivity index (χ3n) is 4.58. The summed E-state index contributed by atoms with van der Waals surface area (Å²) in [5.41, 5.74) is 2.95. The minimum atomic E-state index is -3.50. The van der Waals surface area contributed by atoms with Crippen molar-refractivity contribution in [2.24, 2.45) is 0 Å². The van der Waals surface area contributed by atoms with Gasteiger partial charge in [-0.1, -0.05) is 60.1 Å². The monoisotopic (exact) mass is 442 g/mol. The molecule has 7 heteroatoms. The lowest BCUT2D eigenvalue weighted by atomic mass is 10.1. The summed E-state index contributed by atoms with van der Waals surface area (Å²) in [5, 5.41) is 3.37. The molecule has 0 aliphatic rings. The Morgan fingerprint density at radius 3 is 2.27 bits per heavy atom. The zero-order chi connectivity index (χ0) is 21.6. The molecule has 0 spiro atoms. The van der Waals surface area contributed by atoms with E-state index in [9.17, 15) is 13.2 Å². The van der Waals surface area contributed by atoms with E-state index in [4.69, 9.17) is 11.6 Å². The highest BCUT2D eigenvalue weighted by Gasteiger charge is 2.18. The number of halogens is 1. The van der Waals surface area contributed by atoms with Crippen LogP contribution in [0.3, 0.4) is 0 Å². The summed E-state index contributed by atoms with van der Waals surface area (Å²) < 4.78 is 25.8. The van der Waals surface area contributed by atoms with Gasteiger partial charge in [0.2, 0.25) is 10.0 Å². The number of sulfonamides is 1. The van der Waals surface area contributed by atoms with Crippen LogP contribution < -0.4 is 9.62 Å². The summed E-state index contributed by atoms with van der Waals surface area (Å²) in [4.78, 5) is 12.4. The van der Waals surface area contributed by atoms with Crippen LogP contribution in [0.5, 0.6) is 0 Å². The number of carbonyl (C=O) groups excluding carboxylic acids is 1. The molecular weight excluding hydrogens is 420 g/mol. The van der Waals surface area contributed by atoms with Crippen LogP contribution in [0.4, 0.5) is 5.69 Å². The zero-order valence-corrected chi connectivity index (χ0v) is 18.2. The highest BCUT2D eigenvalue weighted by atomic mass is 35.5. The highest BCUT2D eigenvalue weighted by Crippen LogP contribution is 2.24. The summed E-state index contributed by atoms with van der Waals surface area (Å²) >= 11 is 6.01. The van der Waals surface area contributed by atoms with Gasteiger partial charge in [-0.05, 0) is 47.9 Å². The van der Waals surface area contributed by atoms with Crippen LogP contribution in [0, 0.1) is 0 Å². The highest BCUT2D eigenvalue weighted by molar-refractivity contribution is 7.92. The first-order chi connectivity index (χ1) is 14.3. The van der Waals surface area contributed by atoms with Crippen molar-refractivity contribution in [3.05, 3.63) is 101 Å². The third-order valence-corrected chi connectivity index (χ3v) is 5.96. The lowest BCUT2D eigenvalue weighted by Gasteiger charge is -2.22. The average molecular weight is 443 g/mol. The number of rotatable bonds is 8. The minimum absolute atomic E-state index is 0.148. The molecule has 5 nitrogen and oxygen atoms in total. The molecule has 0 heterocycles.